The fourth-order valence-corrected chi connectivity index (χ4v) is 3.47. The maximum absolute atomic E-state index is 12.9. The van der Waals surface area contributed by atoms with Crippen molar-refractivity contribution in [2.75, 3.05) is 24.1 Å². The second-order valence-corrected chi connectivity index (χ2v) is 7.23. The fourth-order valence-electron chi connectivity index (χ4n) is 3.30. The van der Waals surface area contributed by atoms with Gasteiger partial charge in [0.1, 0.15) is 0 Å². The largest absolute Gasteiger partial charge is 0.399 e. The van der Waals surface area contributed by atoms with Gasteiger partial charge < -0.3 is 16.0 Å². The predicted octanol–water partition coefficient (Wildman–Crippen LogP) is 4.54. The van der Waals surface area contributed by atoms with Crippen molar-refractivity contribution in [3.05, 3.63) is 58.6 Å². The number of rotatable bonds is 5. The number of hydrogen-bond acceptors (Lipinski definition) is 3. The van der Waals surface area contributed by atoms with E-state index >= 15 is 0 Å². The standard InChI is InChI=1S/C21H24ClN3O2.ClH/c22-16-9-10-17(21(27)25-12-4-1-5-13-25)19(14-16)24-20(26)11-8-15-6-2-3-7-18(15)23;/h2-3,6-7,9-10,14H,1,4-5,8,11-13,23H2,(H,24,26);1H. The van der Waals surface area contributed by atoms with Crippen molar-refractivity contribution in [1.82, 2.24) is 4.90 Å². The number of hydrogen-bond donors (Lipinski definition) is 2. The van der Waals surface area contributed by atoms with E-state index < -0.39 is 0 Å². The number of para-hydroxylation sites is 1. The Morgan fingerprint density at radius 2 is 1.79 bits per heavy atom. The number of nitrogens with two attached hydrogens (primary N) is 1. The van der Waals surface area contributed by atoms with E-state index in [-0.39, 0.29) is 30.6 Å². The van der Waals surface area contributed by atoms with Crippen LogP contribution in [-0.4, -0.2) is 29.8 Å². The quantitative estimate of drug-likeness (QED) is 0.695. The topological polar surface area (TPSA) is 75.4 Å². The number of likely N-dealkylation sites (tertiary alicyclic amines) is 1. The Labute approximate surface area is 176 Å². The van der Waals surface area contributed by atoms with Crippen molar-refractivity contribution in [2.24, 2.45) is 0 Å². The molecule has 0 unspecified atom stereocenters. The molecule has 3 rings (SSSR count). The molecule has 1 saturated heterocycles. The minimum absolute atomic E-state index is 0. The third-order valence-corrected chi connectivity index (χ3v) is 5.04. The van der Waals surface area contributed by atoms with Gasteiger partial charge in [-0.15, -0.1) is 12.4 Å². The van der Waals surface area contributed by atoms with Crippen LogP contribution in [0.25, 0.3) is 0 Å². The summed E-state index contributed by atoms with van der Waals surface area (Å²) in [7, 11) is 0. The minimum Gasteiger partial charge on any atom is -0.399 e. The molecule has 28 heavy (non-hydrogen) atoms. The van der Waals surface area contributed by atoms with Gasteiger partial charge in [0.2, 0.25) is 5.91 Å². The minimum atomic E-state index is -0.173. The summed E-state index contributed by atoms with van der Waals surface area (Å²) in [6.45, 7) is 1.50. The number of amides is 2. The number of carbonyl (C=O) groups excluding carboxylic acids is 2. The lowest BCUT2D eigenvalue weighted by Crippen LogP contribution is -2.36. The molecule has 2 amide bonds. The number of nitrogens with one attached hydrogen (secondary N) is 1. The zero-order valence-corrected chi connectivity index (χ0v) is 17.2. The highest BCUT2D eigenvalue weighted by Crippen LogP contribution is 2.24. The zero-order chi connectivity index (χ0) is 19.2. The van der Waals surface area contributed by atoms with E-state index in [4.69, 9.17) is 17.3 Å². The molecule has 0 atom stereocenters. The summed E-state index contributed by atoms with van der Waals surface area (Å²) in [5.41, 5.74) is 8.48. The van der Waals surface area contributed by atoms with Crippen molar-refractivity contribution in [3.8, 4) is 0 Å². The number of halogens is 2. The Balaban J connectivity index is 0.00000280. The molecule has 0 aliphatic carbocycles. The van der Waals surface area contributed by atoms with Crippen molar-refractivity contribution >= 4 is 47.2 Å². The first-order chi connectivity index (χ1) is 13.0. The van der Waals surface area contributed by atoms with Crippen molar-refractivity contribution in [1.29, 1.82) is 0 Å². The van der Waals surface area contributed by atoms with Gasteiger partial charge in [0.25, 0.3) is 5.91 Å². The van der Waals surface area contributed by atoms with Crippen LogP contribution in [0.15, 0.2) is 42.5 Å². The second-order valence-electron chi connectivity index (χ2n) is 6.79. The maximum atomic E-state index is 12.9. The molecule has 0 radical (unpaired) electrons. The SMILES string of the molecule is Cl.Nc1ccccc1CCC(=O)Nc1cc(Cl)ccc1C(=O)N1CCCCC1. The molecular weight excluding hydrogens is 397 g/mol. The normalized spacial score (nSPS) is 13.5. The lowest BCUT2D eigenvalue weighted by Gasteiger charge is -2.27. The molecule has 0 spiro atoms. The summed E-state index contributed by atoms with van der Waals surface area (Å²) in [6, 6.07) is 12.5. The van der Waals surface area contributed by atoms with Gasteiger partial charge >= 0.3 is 0 Å². The van der Waals surface area contributed by atoms with E-state index in [0.717, 1.165) is 37.9 Å². The number of nitrogens with zero attached hydrogens (tertiary/aromatic N) is 1. The number of aryl methyl sites for hydroxylation is 1. The molecule has 0 saturated carbocycles. The van der Waals surface area contributed by atoms with E-state index in [2.05, 4.69) is 5.32 Å². The Hall–Kier alpha value is -2.24. The van der Waals surface area contributed by atoms with Gasteiger partial charge in [0.15, 0.2) is 0 Å². The monoisotopic (exact) mass is 421 g/mol. The maximum Gasteiger partial charge on any atom is 0.255 e. The third kappa shape index (κ3) is 5.63. The van der Waals surface area contributed by atoms with Crippen molar-refractivity contribution < 1.29 is 9.59 Å². The molecular formula is C21H25Cl2N3O2. The first kappa shape index (κ1) is 22.1. The third-order valence-electron chi connectivity index (χ3n) is 4.81. The highest BCUT2D eigenvalue weighted by Gasteiger charge is 2.21. The summed E-state index contributed by atoms with van der Waals surface area (Å²) in [5.74, 6) is -0.234. The first-order valence-corrected chi connectivity index (χ1v) is 9.64. The van der Waals surface area contributed by atoms with Crippen LogP contribution in [0, 0.1) is 0 Å². The van der Waals surface area contributed by atoms with E-state index in [9.17, 15) is 9.59 Å². The molecule has 150 valence electrons. The number of anilines is 2. The van der Waals surface area contributed by atoms with Crippen molar-refractivity contribution in [2.45, 2.75) is 32.1 Å². The molecule has 2 aromatic rings. The van der Waals surface area contributed by atoms with Gasteiger partial charge in [-0.1, -0.05) is 29.8 Å². The van der Waals surface area contributed by atoms with Crippen LogP contribution in [-0.2, 0) is 11.2 Å². The number of benzene rings is 2. The molecule has 1 heterocycles. The molecule has 0 aromatic heterocycles. The van der Waals surface area contributed by atoms with Crippen LogP contribution in [0.5, 0.6) is 0 Å². The lowest BCUT2D eigenvalue weighted by molar-refractivity contribution is -0.116. The highest BCUT2D eigenvalue weighted by atomic mass is 35.5. The van der Waals surface area contributed by atoms with Gasteiger partial charge in [-0.3, -0.25) is 9.59 Å². The van der Waals surface area contributed by atoms with Gasteiger partial charge in [-0.05, 0) is 55.5 Å². The van der Waals surface area contributed by atoms with E-state index in [1.165, 1.54) is 0 Å². The van der Waals surface area contributed by atoms with Gasteiger partial charge in [0, 0.05) is 30.2 Å². The second kappa shape index (κ2) is 10.3. The molecule has 1 aliphatic rings. The summed E-state index contributed by atoms with van der Waals surface area (Å²) in [6.07, 6.45) is 3.99. The summed E-state index contributed by atoms with van der Waals surface area (Å²) in [4.78, 5) is 27.1. The fraction of sp³-hybridized carbons (Fsp3) is 0.333. The molecule has 3 N–H and O–H groups in total. The van der Waals surface area contributed by atoms with Gasteiger partial charge in [-0.2, -0.15) is 0 Å². The summed E-state index contributed by atoms with van der Waals surface area (Å²) < 4.78 is 0. The van der Waals surface area contributed by atoms with Crippen LogP contribution < -0.4 is 11.1 Å². The molecule has 5 nitrogen and oxygen atoms in total. The zero-order valence-electron chi connectivity index (χ0n) is 15.6. The van der Waals surface area contributed by atoms with E-state index in [1.54, 1.807) is 18.2 Å². The van der Waals surface area contributed by atoms with Crippen LogP contribution in [0.2, 0.25) is 5.02 Å². The van der Waals surface area contributed by atoms with Crippen molar-refractivity contribution in [3.63, 3.8) is 0 Å². The number of carbonyl (C=O) groups is 2. The van der Waals surface area contributed by atoms with Crippen LogP contribution in [0.3, 0.4) is 0 Å². The van der Waals surface area contributed by atoms with Crippen LogP contribution >= 0.6 is 24.0 Å². The number of piperidine rings is 1. The lowest BCUT2D eigenvalue weighted by atomic mass is 10.1. The first-order valence-electron chi connectivity index (χ1n) is 9.26. The average molecular weight is 422 g/mol. The smallest absolute Gasteiger partial charge is 0.255 e. The molecule has 2 aromatic carbocycles. The van der Waals surface area contributed by atoms with Gasteiger partial charge in [0.05, 0.1) is 11.3 Å². The van der Waals surface area contributed by atoms with E-state index in [1.807, 2.05) is 29.2 Å². The Bertz CT molecular complexity index is 836. The number of nitrogen functional groups attached to an aromatic ring is 1. The average Bonchev–Trinajstić information content (AvgIpc) is 2.68. The Morgan fingerprint density at radius 3 is 2.50 bits per heavy atom. The summed E-state index contributed by atoms with van der Waals surface area (Å²) >= 11 is 6.09. The van der Waals surface area contributed by atoms with Crippen LogP contribution in [0.1, 0.15) is 41.6 Å². The predicted molar refractivity (Wildman–Crippen MR) is 116 cm³/mol. The Morgan fingerprint density at radius 1 is 1.07 bits per heavy atom. The molecule has 0 bridgehead atoms. The van der Waals surface area contributed by atoms with Gasteiger partial charge in [-0.25, -0.2) is 0 Å². The molecule has 1 aliphatic heterocycles. The van der Waals surface area contributed by atoms with Crippen LogP contribution in [0.4, 0.5) is 11.4 Å². The van der Waals surface area contributed by atoms with E-state index in [0.29, 0.717) is 28.4 Å². The molecule has 1 fully saturated rings. The Kier molecular flexibility index (Phi) is 8.15. The molecule has 7 heteroatoms. The summed E-state index contributed by atoms with van der Waals surface area (Å²) in [5, 5.41) is 3.33. The highest BCUT2D eigenvalue weighted by molar-refractivity contribution is 6.31.